The standard InChI is InChI=1S/C20H32N6S.HI/c1-2-21-20(22-9-5-12-26-13-6-10-24-26)23-15-18-7-3-11-25(16-18)17-19-8-4-14-27-19;/h4,6,8,10,13-14,18H,2-3,5,7,9,11-12,15-17H2,1H3,(H2,21,22,23);1H. The van der Waals surface area contributed by atoms with Gasteiger partial charge < -0.3 is 10.6 Å². The van der Waals surface area contributed by atoms with E-state index in [1.54, 1.807) is 0 Å². The molecule has 0 aromatic carbocycles. The van der Waals surface area contributed by atoms with E-state index in [1.807, 2.05) is 34.5 Å². The number of halogens is 1. The first-order chi connectivity index (χ1) is 13.3. The van der Waals surface area contributed by atoms with E-state index in [4.69, 9.17) is 4.99 Å². The van der Waals surface area contributed by atoms with E-state index >= 15 is 0 Å². The minimum absolute atomic E-state index is 0. The molecule has 2 N–H and O–H groups in total. The van der Waals surface area contributed by atoms with Crippen LogP contribution in [0.3, 0.4) is 0 Å². The molecule has 2 aromatic rings. The summed E-state index contributed by atoms with van der Waals surface area (Å²) in [7, 11) is 0. The summed E-state index contributed by atoms with van der Waals surface area (Å²) in [6, 6.07) is 6.35. The number of nitrogens with one attached hydrogen (secondary N) is 2. The Bertz CT molecular complexity index is 658. The Balaban J connectivity index is 0.00000280. The minimum atomic E-state index is 0. The van der Waals surface area contributed by atoms with Crippen molar-refractivity contribution in [2.24, 2.45) is 10.9 Å². The molecule has 0 spiro atoms. The van der Waals surface area contributed by atoms with Gasteiger partial charge in [-0.15, -0.1) is 35.3 Å². The van der Waals surface area contributed by atoms with Crippen molar-refractivity contribution in [1.82, 2.24) is 25.3 Å². The largest absolute Gasteiger partial charge is 0.357 e. The number of likely N-dealkylation sites (tertiary alicyclic amines) is 1. The number of rotatable bonds is 9. The third kappa shape index (κ3) is 8.08. The van der Waals surface area contributed by atoms with E-state index in [0.717, 1.165) is 51.6 Å². The molecule has 2 aromatic heterocycles. The van der Waals surface area contributed by atoms with Crippen molar-refractivity contribution < 1.29 is 0 Å². The lowest BCUT2D eigenvalue weighted by Crippen LogP contribution is -2.40. The third-order valence-electron chi connectivity index (χ3n) is 4.83. The first-order valence-electron chi connectivity index (χ1n) is 10.1. The molecule has 1 unspecified atom stereocenters. The number of guanidine groups is 1. The van der Waals surface area contributed by atoms with E-state index in [0.29, 0.717) is 5.92 Å². The molecular weight excluding hydrogens is 483 g/mol. The highest BCUT2D eigenvalue weighted by atomic mass is 127. The van der Waals surface area contributed by atoms with Crippen molar-refractivity contribution in [3.05, 3.63) is 40.8 Å². The van der Waals surface area contributed by atoms with Crippen LogP contribution >= 0.6 is 35.3 Å². The molecule has 0 aliphatic carbocycles. The second-order valence-corrected chi connectivity index (χ2v) is 8.12. The molecule has 1 saturated heterocycles. The molecule has 6 nitrogen and oxygen atoms in total. The van der Waals surface area contributed by atoms with Gasteiger partial charge in [-0.25, -0.2) is 0 Å². The average molecular weight is 516 g/mol. The normalized spacial score (nSPS) is 17.9. The van der Waals surface area contributed by atoms with E-state index in [2.05, 4.69) is 45.1 Å². The van der Waals surface area contributed by atoms with Gasteiger partial charge in [0.05, 0.1) is 0 Å². The third-order valence-corrected chi connectivity index (χ3v) is 5.69. The number of aryl methyl sites for hydroxylation is 1. The van der Waals surface area contributed by atoms with Crippen LogP contribution in [0.2, 0.25) is 0 Å². The van der Waals surface area contributed by atoms with Crippen LogP contribution < -0.4 is 10.6 Å². The summed E-state index contributed by atoms with van der Waals surface area (Å²) in [5, 5.41) is 13.2. The summed E-state index contributed by atoms with van der Waals surface area (Å²) in [4.78, 5) is 8.90. The number of aliphatic imine (C=N–C) groups is 1. The van der Waals surface area contributed by atoms with E-state index in [-0.39, 0.29) is 24.0 Å². The maximum atomic E-state index is 4.85. The molecule has 0 saturated carbocycles. The zero-order valence-corrected chi connectivity index (χ0v) is 19.9. The summed E-state index contributed by atoms with van der Waals surface area (Å²) in [6.45, 7) is 9.19. The molecule has 28 heavy (non-hydrogen) atoms. The lowest BCUT2D eigenvalue weighted by molar-refractivity contribution is 0.172. The number of hydrogen-bond donors (Lipinski definition) is 2. The monoisotopic (exact) mass is 516 g/mol. The molecule has 3 rings (SSSR count). The Kier molecular flexibility index (Phi) is 10.9. The molecule has 1 aliphatic rings. The highest BCUT2D eigenvalue weighted by Crippen LogP contribution is 2.20. The molecule has 0 radical (unpaired) electrons. The molecule has 1 atom stereocenters. The van der Waals surface area contributed by atoms with E-state index < -0.39 is 0 Å². The van der Waals surface area contributed by atoms with Crippen molar-refractivity contribution in [2.45, 2.75) is 39.3 Å². The van der Waals surface area contributed by atoms with Gasteiger partial charge in [0, 0.05) is 56.5 Å². The second-order valence-electron chi connectivity index (χ2n) is 7.09. The molecule has 3 heterocycles. The minimum Gasteiger partial charge on any atom is -0.357 e. The molecule has 0 bridgehead atoms. The Hall–Kier alpha value is -1.13. The van der Waals surface area contributed by atoms with Gasteiger partial charge in [0.15, 0.2) is 5.96 Å². The maximum Gasteiger partial charge on any atom is 0.191 e. The quantitative estimate of drug-likeness (QED) is 0.232. The number of aromatic nitrogens is 2. The van der Waals surface area contributed by atoms with Crippen LogP contribution in [0, 0.1) is 5.92 Å². The van der Waals surface area contributed by atoms with Gasteiger partial charge in [-0.3, -0.25) is 14.6 Å². The van der Waals surface area contributed by atoms with Crippen LogP contribution in [0.15, 0.2) is 41.0 Å². The average Bonchev–Trinajstić information content (AvgIpc) is 3.37. The highest BCUT2D eigenvalue weighted by Gasteiger charge is 2.20. The Morgan fingerprint density at radius 3 is 3.04 bits per heavy atom. The molecule has 1 aliphatic heterocycles. The van der Waals surface area contributed by atoms with Gasteiger partial charge >= 0.3 is 0 Å². The Labute approximate surface area is 189 Å². The zero-order valence-electron chi connectivity index (χ0n) is 16.7. The summed E-state index contributed by atoms with van der Waals surface area (Å²) < 4.78 is 1.97. The second kappa shape index (κ2) is 13.2. The SMILES string of the molecule is CCNC(=NCC1CCCN(Cc2cccs2)C1)NCCCn1cccn1.I. The van der Waals surface area contributed by atoms with Crippen molar-refractivity contribution >= 4 is 41.3 Å². The van der Waals surface area contributed by atoms with E-state index in [1.165, 1.54) is 24.3 Å². The summed E-state index contributed by atoms with van der Waals surface area (Å²) in [5.41, 5.74) is 0. The number of hydrogen-bond acceptors (Lipinski definition) is 4. The van der Waals surface area contributed by atoms with Crippen molar-refractivity contribution in [3.63, 3.8) is 0 Å². The van der Waals surface area contributed by atoms with Gasteiger partial charge in [-0.1, -0.05) is 6.07 Å². The Morgan fingerprint density at radius 2 is 2.29 bits per heavy atom. The molecule has 8 heteroatoms. The van der Waals surface area contributed by atoms with Gasteiger partial charge in [0.25, 0.3) is 0 Å². The number of piperidine rings is 1. The van der Waals surface area contributed by atoms with Gasteiger partial charge in [0.1, 0.15) is 0 Å². The van der Waals surface area contributed by atoms with Crippen molar-refractivity contribution in [3.8, 4) is 0 Å². The molecule has 156 valence electrons. The fourth-order valence-electron chi connectivity index (χ4n) is 3.51. The van der Waals surface area contributed by atoms with Gasteiger partial charge in [-0.2, -0.15) is 5.10 Å². The van der Waals surface area contributed by atoms with Crippen LogP contribution in [0.25, 0.3) is 0 Å². The van der Waals surface area contributed by atoms with Crippen LogP contribution in [-0.4, -0.2) is 53.4 Å². The maximum absolute atomic E-state index is 4.85. The van der Waals surface area contributed by atoms with Crippen molar-refractivity contribution in [1.29, 1.82) is 0 Å². The fraction of sp³-hybridized carbons (Fsp3) is 0.600. The lowest BCUT2D eigenvalue weighted by atomic mass is 9.98. The molecule has 0 amide bonds. The zero-order chi connectivity index (χ0) is 18.7. The fourth-order valence-corrected chi connectivity index (χ4v) is 4.26. The van der Waals surface area contributed by atoms with Gasteiger partial charge in [0.2, 0.25) is 0 Å². The van der Waals surface area contributed by atoms with Crippen molar-refractivity contribution in [2.75, 3.05) is 32.7 Å². The van der Waals surface area contributed by atoms with Crippen LogP contribution in [-0.2, 0) is 13.1 Å². The summed E-state index contributed by atoms with van der Waals surface area (Å²) in [6.07, 6.45) is 7.42. The van der Waals surface area contributed by atoms with Crippen LogP contribution in [0.4, 0.5) is 0 Å². The smallest absolute Gasteiger partial charge is 0.191 e. The number of nitrogens with zero attached hydrogens (tertiary/aromatic N) is 4. The first kappa shape index (κ1) is 23.2. The molecule has 1 fully saturated rings. The first-order valence-corrected chi connectivity index (χ1v) is 11.0. The highest BCUT2D eigenvalue weighted by molar-refractivity contribution is 14.0. The summed E-state index contributed by atoms with van der Waals surface area (Å²) >= 11 is 1.86. The van der Waals surface area contributed by atoms with E-state index in [9.17, 15) is 0 Å². The summed E-state index contributed by atoms with van der Waals surface area (Å²) in [5.74, 6) is 1.59. The predicted octanol–water partition coefficient (Wildman–Crippen LogP) is 3.42. The lowest BCUT2D eigenvalue weighted by Gasteiger charge is -2.31. The van der Waals surface area contributed by atoms with Crippen LogP contribution in [0.1, 0.15) is 31.1 Å². The van der Waals surface area contributed by atoms with Gasteiger partial charge in [-0.05, 0) is 56.2 Å². The molecular formula is C20H33IN6S. The predicted molar refractivity (Wildman–Crippen MR) is 129 cm³/mol. The number of thiophene rings is 1. The topological polar surface area (TPSA) is 57.5 Å². The Morgan fingerprint density at radius 1 is 1.36 bits per heavy atom. The van der Waals surface area contributed by atoms with Crippen LogP contribution in [0.5, 0.6) is 0 Å².